The van der Waals surface area contributed by atoms with Crippen LogP contribution in [0.15, 0.2) is 34.2 Å². The van der Waals surface area contributed by atoms with Crippen LogP contribution in [0.3, 0.4) is 0 Å². The number of likely N-dealkylation sites (tertiary alicyclic amines) is 1. The summed E-state index contributed by atoms with van der Waals surface area (Å²) in [6.07, 6.45) is 4.72. The highest BCUT2D eigenvalue weighted by Gasteiger charge is 2.15. The summed E-state index contributed by atoms with van der Waals surface area (Å²) in [5.74, 6) is 0.915. The molecule has 1 saturated heterocycles. The highest BCUT2D eigenvalue weighted by Crippen LogP contribution is 2.12. The molecule has 1 aromatic carbocycles. The average Bonchev–Trinajstić information content (AvgIpc) is 2.87. The smallest absolute Gasteiger partial charge is 0.238 e. The van der Waals surface area contributed by atoms with E-state index in [1.54, 1.807) is 6.07 Å². The number of amides is 1. The fourth-order valence-corrected chi connectivity index (χ4v) is 3.67. The quantitative estimate of drug-likeness (QED) is 0.339. The van der Waals surface area contributed by atoms with Gasteiger partial charge in [-0.15, -0.1) is 0 Å². The van der Waals surface area contributed by atoms with Crippen molar-refractivity contribution in [1.29, 1.82) is 0 Å². The molecule has 0 aromatic heterocycles. The van der Waals surface area contributed by atoms with Gasteiger partial charge in [0.15, 0.2) is 5.96 Å². The number of hydrogen-bond donors (Lipinski definition) is 3. The Morgan fingerprint density at radius 1 is 1.25 bits per heavy atom. The minimum absolute atomic E-state index is 0.0836. The van der Waals surface area contributed by atoms with Crippen molar-refractivity contribution in [3.63, 3.8) is 0 Å². The second-order valence-corrected chi connectivity index (χ2v) is 8.42. The summed E-state index contributed by atoms with van der Waals surface area (Å²) in [7, 11) is -3.72. The summed E-state index contributed by atoms with van der Waals surface area (Å²) >= 11 is 0. The van der Waals surface area contributed by atoms with Gasteiger partial charge in [0.05, 0.1) is 11.4 Å². The molecule has 0 saturated carbocycles. The van der Waals surface area contributed by atoms with Gasteiger partial charge in [-0.2, -0.15) is 0 Å². The maximum absolute atomic E-state index is 12.0. The first-order valence-corrected chi connectivity index (χ1v) is 11.4. The van der Waals surface area contributed by atoms with Crippen molar-refractivity contribution < 1.29 is 13.2 Å². The number of benzene rings is 1. The monoisotopic (exact) mass is 409 g/mol. The largest absolute Gasteiger partial charge is 0.357 e. The molecule has 9 heteroatoms. The molecule has 1 heterocycles. The summed E-state index contributed by atoms with van der Waals surface area (Å²) in [6, 6.07) is 6.47. The topological polar surface area (TPSA) is 117 Å². The summed E-state index contributed by atoms with van der Waals surface area (Å²) in [5.41, 5.74) is 0.763. The van der Waals surface area contributed by atoms with E-state index in [0.717, 1.165) is 44.3 Å². The number of rotatable bonds is 8. The van der Waals surface area contributed by atoms with Gasteiger partial charge < -0.3 is 15.5 Å². The Balaban J connectivity index is 1.86. The standard InChI is InChI=1S/C19H31N5O3S/c1-2-21-19(22-11-7-13-24-12-5-3-4-10-18(24)25)23-15-16-8-6-9-17(14-16)28(20,26)27/h6,8-9,14H,2-5,7,10-13,15H2,1H3,(H2,20,26,27)(H2,21,22,23). The molecule has 28 heavy (non-hydrogen) atoms. The number of nitrogens with zero attached hydrogens (tertiary/aromatic N) is 2. The van der Waals surface area contributed by atoms with Crippen molar-refractivity contribution in [2.75, 3.05) is 26.2 Å². The zero-order valence-corrected chi connectivity index (χ0v) is 17.3. The Morgan fingerprint density at radius 3 is 2.82 bits per heavy atom. The van der Waals surface area contributed by atoms with Crippen LogP contribution >= 0.6 is 0 Å². The minimum Gasteiger partial charge on any atom is -0.357 e. The van der Waals surface area contributed by atoms with Crippen LogP contribution in [-0.4, -0.2) is 51.4 Å². The highest BCUT2D eigenvalue weighted by molar-refractivity contribution is 7.89. The molecule has 0 aliphatic carbocycles. The predicted octanol–water partition coefficient (Wildman–Crippen LogP) is 1.18. The van der Waals surface area contributed by atoms with Crippen molar-refractivity contribution in [3.8, 4) is 0 Å². The first kappa shape index (κ1) is 22.2. The fourth-order valence-electron chi connectivity index (χ4n) is 3.08. The third-order valence-electron chi connectivity index (χ3n) is 4.56. The first-order valence-electron chi connectivity index (χ1n) is 9.82. The van der Waals surface area contributed by atoms with E-state index in [-0.39, 0.29) is 10.8 Å². The van der Waals surface area contributed by atoms with Crippen LogP contribution in [0.2, 0.25) is 0 Å². The van der Waals surface area contributed by atoms with Gasteiger partial charge in [-0.25, -0.2) is 18.5 Å². The SMILES string of the molecule is CCNC(=NCc1cccc(S(N)(=O)=O)c1)NCCCN1CCCCCC1=O. The first-order chi connectivity index (χ1) is 13.4. The van der Waals surface area contributed by atoms with Gasteiger partial charge in [0.2, 0.25) is 15.9 Å². The molecule has 8 nitrogen and oxygen atoms in total. The molecule has 2 rings (SSSR count). The van der Waals surface area contributed by atoms with Gasteiger partial charge in [-0.05, 0) is 43.9 Å². The summed E-state index contributed by atoms with van der Waals surface area (Å²) in [5, 5.41) is 11.6. The van der Waals surface area contributed by atoms with E-state index in [4.69, 9.17) is 5.14 Å². The molecule has 0 bridgehead atoms. The molecule has 1 aliphatic rings. The normalized spacial score (nSPS) is 16.0. The maximum Gasteiger partial charge on any atom is 0.238 e. The van der Waals surface area contributed by atoms with Crippen molar-refractivity contribution in [3.05, 3.63) is 29.8 Å². The van der Waals surface area contributed by atoms with E-state index in [1.807, 2.05) is 17.9 Å². The Bertz CT molecular complexity index is 780. The fraction of sp³-hybridized carbons (Fsp3) is 0.579. The zero-order chi connectivity index (χ0) is 20.4. The van der Waals surface area contributed by atoms with Crippen LogP contribution in [0, 0.1) is 0 Å². The number of aliphatic imine (C=N–C) groups is 1. The zero-order valence-electron chi connectivity index (χ0n) is 16.5. The van der Waals surface area contributed by atoms with E-state index in [2.05, 4.69) is 15.6 Å². The van der Waals surface area contributed by atoms with E-state index in [9.17, 15) is 13.2 Å². The van der Waals surface area contributed by atoms with Gasteiger partial charge in [0.25, 0.3) is 0 Å². The lowest BCUT2D eigenvalue weighted by molar-refractivity contribution is -0.130. The number of carbonyl (C=O) groups is 1. The number of hydrogen-bond acceptors (Lipinski definition) is 4. The summed E-state index contributed by atoms with van der Waals surface area (Å²) < 4.78 is 22.9. The lowest BCUT2D eigenvalue weighted by Crippen LogP contribution is -2.39. The van der Waals surface area contributed by atoms with Crippen LogP contribution in [0.25, 0.3) is 0 Å². The molecular formula is C19H31N5O3S. The number of carbonyl (C=O) groups excluding carboxylic acids is 1. The molecule has 0 atom stereocenters. The Hall–Kier alpha value is -2.13. The van der Waals surface area contributed by atoms with E-state index in [0.29, 0.717) is 32.0 Å². The molecule has 0 unspecified atom stereocenters. The van der Waals surface area contributed by atoms with Gasteiger partial charge in [-0.3, -0.25) is 4.79 Å². The number of nitrogens with two attached hydrogens (primary N) is 1. The lowest BCUT2D eigenvalue weighted by atomic mass is 10.2. The van der Waals surface area contributed by atoms with Gasteiger partial charge >= 0.3 is 0 Å². The maximum atomic E-state index is 12.0. The number of primary sulfonamides is 1. The molecule has 156 valence electrons. The Labute approximate surface area is 167 Å². The van der Waals surface area contributed by atoms with E-state index < -0.39 is 10.0 Å². The second kappa shape index (κ2) is 11.0. The van der Waals surface area contributed by atoms with Crippen LogP contribution in [0.5, 0.6) is 0 Å². The van der Waals surface area contributed by atoms with Gasteiger partial charge in [0, 0.05) is 32.6 Å². The molecular weight excluding hydrogens is 378 g/mol. The molecule has 4 N–H and O–H groups in total. The number of nitrogens with one attached hydrogen (secondary N) is 2. The van der Waals surface area contributed by atoms with Crippen LogP contribution in [-0.2, 0) is 21.4 Å². The van der Waals surface area contributed by atoms with E-state index >= 15 is 0 Å². The second-order valence-electron chi connectivity index (χ2n) is 6.86. The Kier molecular flexibility index (Phi) is 8.72. The Morgan fingerprint density at radius 2 is 2.07 bits per heavy atom. The predicted molar refractivity (Wildman–Crippen MR) is 110 cm³/mol. The van der Waals surface area contributed by atoms with Gasteiger partial charge in [-0.1, -0.05) is 18.6 Å². The van der Waals surface area contributed by atoms with Crippen molar-refractivity contribution in [2.24, 2.45) is 10.1 Å². The third-order valence-corrected chi connectivity index (χ3v) is 5.47. The van der Waals surface area contributed by atoms with Crippen LogP contribution < -0.4 is 15.8 Å². The average molecular weight is 410 g/mol. The minimum atomic E-state index is -3.72. The molecule has 0 spiro atoms. The van der Waals surface area contributed by atoms with Crippen molar-refractivity contribution in [1.82, 2.24) is 15.5 Å². The molecule has 1 fully saturated rings. The number of guanidine groups is 1. The van der Waals surface area contributed by atoms with E-state index in [1.165, 1.54) is 12.1 Å². The van der Waals surface area contributed by atoms with Crippen LogP contribution in [0.1, 0.15) is 44.6 Å². The molecule has 1 aliphatic heterocycles. The summed E-state index contributed by atoms with van der Waals surface area (Å²) in [6.45, 7) is 5.34. The van der Waals surface area contributed by atoms with Gasteiger partial charge in [0.1, 0.15) is 0 Å². The van der Waals surface area contributed by atoms with Crippen molar-refractivity contribution in [2.45, 2.75) is 50.5 Å². The molecule has 1 amide bonds. The molecule has 0 radical (unpaired) electrons. The lowest BCUT2D eigenvalue weighted by Gasteiger charge is -2.20. The third kappa shape index (κ3) is 7.47. The highest BCUT2D eigenvalue weighted by atomic mass is 32.2. The van der Waals surface area contributed by atoms with Crippen LogP contribution in [0.4, 0.5) is 0 Å². The molecule has 1 aromatic rings. The summed E-state index contributed by atoms with van der Waals surface area (Å²) in [4.78, 5) is 18.6. The van der Waals surface area contributed by atoms with Crippen molar-refractivity contribution >= 4 is 21.9 Å². The number of sulfonamides is 1.